The number of fused-ring (bicyclic) bond motifs is 1. The van der Waals surface area contributed by atoms with Gasteiger partial charge in [0.1, 0.15) is 0 Å². The number of benzene rings is 1. The molecule has 1 aromatic heterocycles. The van der Waals surface area contributed by atoms with Crippen molar-refractivity contribution in [3.63, 3.8) is 0 Å². The highest BCUT2D eigenvalue weighted by Crippen LogP contribution is 2.26. The van der Waals surface area contributed by atoms with Gasteiger partial charge in [-0.2, -0.15) is 0 Å². The van der Waals surface area contributed by atoms with Gasteiger partial charge in [0.15, 0.2) is 0 Å². The third-order valence-electron chi connectivity index (χ3n) is 5.20. The number of piperazine rings is 1. The molecule has 0 bridgehead atoms. The lowest BCUT2D eigenvalue weighted by atomic mass is 9.98. The fraction of sp³-hybridized carbons (Fsp3) is 0.474. The number of anilines is 1. The molecule has 5 nitrogen and oxygen atoms in total. The van der Waals surface area contributed by atoms with Gasteiger partial charge in [-0.1, -0.05) is 18.2 Å². The number of hydrogen-bond acceptors (Lipinski definition) is 4. The van der Waals surface area contributed by atoms with Crippen LogP contribution in [0.5, 0.6) is 0 Å². The lowest BCUT2D eigenvalue weighted by Crippen LogP contribution is -2.52. The van der Waals surface area contributed by atoms with E-state index in [-0.39, 0.29) is 5.92 Å². The van der Waals surface area contributed by atoms with Gasteiger partial charge in [-0.25, -0.2) is 0 Å². The average molecular weight is 324 g/mol. The standard InChI is InChI=1S/C19H24N4O/c24-19(15-4-3-8-20-14-15)23-12-10-22(11-13-23)18-7-9-21-17-6-2-1-5-16(17)18/h1-2,5-7,9,15,20H,3-4,8,10-14H2/t15-/m1/s1. The summed E-state index contributed by atoms with van der Waals surface area (Å²) >= 11 is 0. The zero-order valence-electron chi connectivity index (χ0n) is 13.9. The molecular formula is C19H24N4O. The molecule has 0 saturated carbocycles. The molecule has 1 amide bonds. The Labute approximate surface area is 142 Å². The molecule has 2 aromatic rings. The molecule has 0 unspecified atom stereocenters. The highest BCUT2D eigenvalue weighted by molar-refractivity contribution is 5.91. The molecule has 0 spiro atoms. The molecular weight excluding hydrogens is 300 g/mol. The minimum absolute atomic E-state index is 0.173. The lowest BCUT2D eigenvalue weighted by Gasteiger charge is -2.38. The molecule has 2 fully saturated rings. The van der Waals surface area contributed by atoms with Crippen LogP contribution in [0.4, 0.5) is 5.69 Å². The van der Waals surface area contributed by atoms with Crippen molar-refractivity contribution in [2.45, 2.75) is 12.8 Å². The van der Waals surface area contributed by atoms with Gasteiger partial charge in [0.2, 0.25) is 5.91 Å². The molecule has 2 saturated heterocycles. The Balaban J connectivity index is 1.45. The summed E-state index contributed by atoms with van der Waals surface area (Å²) < 4.78 is 0. The number of piperidine rings is 1. The number of hydrogen-bond donors (Lipinski definition) is 1. The summed E-state index contributed by atoms with van der Waals surface area (Å²) in [6, 6.07) is 10.3. The minimum Gasteiger partial charge on any atom is -0.367 e. The zero-order chi connectivity index (χ0) is 16.4. The maximum Gasteiger partial charge on any atom is 0.227 e. The van der Waals surface area contributed by atoms with Gasteiger partial charge < -0.3 is 15.1 Å². The number of para-hydroxylation sites is 1. The van der Waals surface area contributed by atoms with E-state index in [0.717, 1.165) is 57.6 Å². The summed E-state index contributed by atoms with van der Waals surface area (Å²) in [6.07, 6.45) is 4.02. The van der Waals surface area contributed by atoms with E-state index >= 15 is 0 Å². The highest BCUT2D eigenvalue weighted by Gasteiger charge is 2.28. The molecule has 4 rings (SSSR count). The molecule has 3 heterocycles. The second kappa shape index (κ2) is 6.77. The average Bonchev–Trinajstić information content (AvgIpc) is 2.68. The van der Waals surface area contributed by atoms with Crippen LogP contribution in [-0.4, -0.2) is 55.1 Å². The Kier molecular flexibility index (Phi) is 4.34. The Morgan fingerprint density at radius 2 is 1.96 bits per heavy atom. The summed E-state index contributed by atoms with van der Waals surface area (Å²) in [5, 5.41) is 4.54. The normalized spacial score (nSPS) is 21.9. The molecule has 126 valence electrons. The number of rotatable bonds is 2. The molecule has 1 atom stereocenters. The van der Waals surface area contributed by atoms with Crippen LogP contribution >= 0.6 is 0 Å². The molecule has 0 aliphatic carbocycles. The van der Waals surface area contributed by atoms with E-state index in [0.29, 0.717) is 5.91 Å². The van der Waals surface area contributed by atoms with E-state index in [4.69, 9.17) is 0 Å². The molecule has 1 aromatic carbocycles. The molecule has 5 heteroatoms. The minimum atomic E-state index is 0.173. The molecule has 1 N–H and O–H groups in total. The summed E-state index contributed by atoms with van der Waals surface area (Å²) in [5.41, 5.74) is 2.26. The summed E-state index contributed by atoms with van der Waals surface area (Å²) in [7, 11) is 0. The lowest BCUT2D eigenvalue weighted by molar-refractivity contribution is -0.136. The number of carbonyl (C=O) groups is 1. The van der Waals surface area contributed by atoms with E-state index in [1.807, 2.05) is 12.3 Å². The van der Waals surface area contributed by atoms with Crippen molar-refractivity contribution < 1.29 is 4.79 Å². The SMILES string of the molecule is O=C([C@@H]1CCCNC1)N1CCN(c2ccnc3ccccc23)CC1. The predicted octanol–water partition coefficient (Wildman–Crippen LogP) is 1.88. The van der Waals surface area contributed by atoms with E-state index in [1.54, 1.807) is 0 Å². The van der Waals surface area contributed by atoms with Gasteiger partial charge in [-0.15, -0.1) is 0 Å². The van der Waals surface area contributed by atoms with E-state index < -0.39 is 0 Å². The predicted molar refractivity (Wildman–Crippen MR) is 96.1 cm³/mol. The maximum absolute atomic E-state index is 12.7. The van der Waals surface area contributed by atoms with Crippen LogP contribution in [0.1, 0.15) is 12.8 Å². The highest BCUT2D eigenvalue weighted by atomic mass is 16.2. The van der Waals surface area contributed by atoms with Crippen molar-refractivity contribution >= 4 is 22.5 Å². The third kappa shape index (κ3) is 2.96. The maximum atomic E-state index is 12.7. The monoisotopic (exact) mass is 324 g/mol. The fourth-order valence-corrected chi connectivity index (χ4v) is 3.85. The number of aromatic nitrogens is 1. The quantitative estimate of drug-likeness (QED) is 0.916. The first-order chi connectivity index (χ1) is 11.8. The van der Waals surface area contributed by atoms with Gasteiger partial charge >= 0.3 is 0 Å². The van der Waals surface area contributed by atoms with Crippen molar-refractivity contribution in [3.8, 4) is 0 Å². The number of nitrogens with zero attached hydrogens (tertiary/aromatic N) is 3. The second-order valence-electron chi connectivity index (χ2n) is 6.70. The van der Waals surface area contributed by atoms with E-state index in [1.165, 1.54) is 11.1 Å². The smallest absolute Gasteiger partial charge is 0.227 e. The van der Waals surface area contributed by atoms with E-state index in [2.05, 4.69) is 44.4 Å². The van der Waals surface area contributed by atoms with Gasteiger partial charge in [-0.05, 0) is 31.5 Å². The van der Waals surface area contributed by atoms with Crippen LogP contribution in [0.3, 0.4) is 0 Å². The van der Waals surface area contributed by atoms with Gasteiger partial charge in [0.25, 0.3) is 0 Å². The van der Waals surface area contributed by atoms with Crippen LogP contribution in [0.15, 0.2) is 36.5 Å². The first-order valence-corrected chi connectivity index (χ1v) is 8.91. The summed E-state index contributed by atoms with van der Waals surface area (Å²) in [5.74, 6) is 0.508. The summed E-state index contributed by atoms with van der Waals surface area (Å²) in [4.78, 5) is 21.5. The Morgan fingerprint density at radius 1 is 1.12 bits per heavy atom. The zero-order valence-corrected chi connectivity index (χ0v) is 13.9. The number of nitrogens with one attached hydrogen (secondary N) is 1. The Hall–Kier alpha value is -2.14. The first-order valence-electron chi connectivity index (χ1n) is 8.91. The number of amides is 1. The van der Waals surface area contributed by atoms with Gasteiger partial charge in [-0.3, -0.25) is 9.78 Å². The van der Waals surface area contributed by atoms with Gasteiger partial charge in [0, 0.05) is 50.0 Å². The van der Waals surface area contributed by atoms with Gasteiger partial charge in [0.05, 0.1) is 11.4 Å². The van der Waals surface area contributed by atoms with Crippen LogP contribution in [0, 0.1) is 5.92 Å². The molecule has 2 aliphatic rings. The number of pyridine rings is 1. The van der Waals surface area contributed by atoms with Crippen molar-refractivity contribution in [3.05, 3.63) is 36.5 Å². The third-order valence-corrected chi connectivity index (χ3v) is 5.20. The van der Waals surface area contributed by atoms with Crippen LogP contribution in [0.2, 0.25) is 0 Å². The fourth-order valence-electron chi connectivity index (χ4n) is 3.85. The first kappa shape index (κ1) is 15.4. The van der Waals surface area contributed by atoms with Crippen molar-refractivity contribution in [2.75, 3.05) is 44.2 Å². The number of carbonyl (C=O) groups excluding carboxylic acids is 1. The van der Waals surface area contributed by atoms with Crippen molar-refractivity contribution in [1.29, 1.82) is 0 Å². The topological polar surface area (TPSA) is 48.5 Å². The van der Waals surface area contributed by atoms with E-state index in [9.17, 15) is 4.79 Å². The summed E-state index contributed by atoms with van der Waals surface area (Å²) in [6.45, 7) is 5.29. The van der Waals surface area contributed by atoms with Crippen LogP contribution in [-0.2, 0) is 4.79 Å². The van der Waals surface area contributed by atoms with Crippen LogP contribution in [0.25, 0.3) is 10.9 Å². The Morgan fingerprint density at radius 3 is 2.75 bits per heavy atom. The molecule has 0 radical (unpaired) electrons. The largest absolute Gasteiger partial charge is 0.367 e. The molecule has 24 heavy (non-hydrogen) atoms. The second-order valence-corrected chi connectivity index (χ2v) is 6.70. The van der Waals surface area contributed by atoms with Crippen LogP contribution < -0.4 is 10.2 Å². The van der Waals surface area contributed by atoms with Crippen molar-refractivity contribution in [2.24, 2.45) is 5.92 Å². The Bertz CT molecular complexity index is 713. The van der Waals surface area contributed by atoms with Crippen molar-refractivity contribution in [1.82, 2.24) is 15.2 Å². The molecule has 2 aliphatic heterocycles.